The number of benzene rings is 2. The highest BCUT2D eigenvalue weighted by Crippen LogP contribution is 2.44. The van der Waals surface area contributed by atoms with Gasteiger partial charge in [0.2, 0.25) is 0 Å². The smallest absolute Gasteiger partial charge is 0.416 e. The van der Waals surface area contributed by atoms with E-state index in [4.69, 9.17) is 14.9 Å². The van der Waals surface area contributed by atoms with E-state index in [1.54, 1.807) is 22.5 Å². The third kappa shape index (κ3) is 5.94. The van der Waals surface area contributed by atoms with Crippen LogP contribution in [-0.2, 0) is 15.7 Å². The average molecular weight is 493 g/mol. The predicted molar refractivity (Wildman–Crippen MR) is 126 cm³/mol. The second-order valence-corrected chi connectivity index (χ2v) is 10.5. The summed E-state index contributed by atoms with van der Waals surface area (Å²) in [4.78, 5) is 11.7. The van der Waals surface area contributed by atoms with Gasteiger partial charge in [-0.2, -0.15) is 18.3 Å². The molecular weight excluding hydrogens is 465 g/mol. The van der Waals surface area contributed by atoms with Crippen LogP contribution >= 0.6 is 11.8 Å². The lowest BCUT2D eigenvalue weighted by atomic mass is 9.97. The minimum atomic E-state index is -4.39. The molecule has 34 heavy (non-hydrogen) atoms. The number of ether oxygens (including phenoxy) is 1. The lowest BCUT2D eigenvalue weighted by Gasteiger charge is -2.25. The van der Waals surface area contributed by atoms with Gasteiger partial charge in [-0.05, 0) is 74.7 Å². The van der Waals surface area contributed by atoms with Gasteiger partial charge in [0.15, 0.2) is 6.61 Å². The molecule has 2 aromatic carbocycles. The van der Waals surface area contributed by atoms with Gasteiger partial charge < -0.3 is 9.84 Å². The monoisotopic (exact) mass is 492 g/mol. The molecule has 0 spiro atoms. The fourth-order valence-electron chi connectivity index (χ4n) is 3.55. The van der Waals surface area contributed by atoms with Gasteiger partial charge in [0.25, 0.3) is 0 Å². The Balaban J connectivity index is 1.90. The molecule has 9 heteroatoms. The number of aliphatic carboxylic acids is 1. The third-order valence-electron chi connectivity index (χ3n) is 5.27. The molecule has 0 amide bonds. The maximum absolute atomic E-state index is 12.9. The van der Waals surface area contributed by atoms with Gasteiger partial charge >= 0.3 is 12.1 Å². The Bertz CT molecular complexity index is 1170. The first-order chi connectivity index (χ1) is 15.8. The zero-order valence-corrected chi connectivity index (χ0v) is 20.4. The van der Waals surface area contributed by atoms with E-state index in [0.717, 1.165) is 33.8 Å². The van der Waals surface area contributed by atoms with E-state index in [1.807, 2.05) is 39.1 Å². The van der Waals surface area contributed by atoms with Crippen molar-refractivity contribution in [1.29, 1.82) is 0 Å². The summed E-state index contributed by atoms with van der Waals surface area (Å²) in [6.45, 7) is 9.66. The summed E-state index contributed by atoms with van der Waals surface area (Å²) in [5.74, 6) is -0.410. The molecule has 0 aliphatic rings. The third-order valence-corrected chi connectivity index (χ3v) is 6.49. The number of hydrogen-bond acceptors (Lipinski definition) is 4. The van der Waals surface area contributed by atoms with E-state index < -0.39 is 29.1 Å². The van der Waals surface area contributed by atoms with Crippen LogP contribution in [0.2, 0.25) is 0 Å². The topological polar surface area (TPSA) is 64.4 Å². The van der Waals surface area contributed by atoms with E-state index in [2.05, 4.69) is 13.8 Å². The van der Waals surface area contributed by atoms with Crippen molar-refractivity contribution in [2.24, 2.45) is 0 Å². The Morgan fingerprint density at radius 3 is 2.32 bits per heavy atom. The van der Waals surface area contributed by atoms with Gasteiger partial charge in [0.05, 0.1) is 16.9 Å². The van der Waals surface area contributed by atoms with Crippen LogP contribution in [0.15, 0.2) is 53.6 Å². The Kier molecular flexibility index (Phi) is 7.35. The summed E-state index contributed by atoms with van der Waals surface area (Å²) < 4.78 is 45.3. The number of halogens is 3. The van der Waals surface area contributed by atoms with E-state index in [-0.39, 0.29) is 5.92 Å². The molecule has 0 radical (unpaired) electrons. The van der Waals surface area contributed by atoms with Crippen molar-refractivity contribution in [2.45, 2.75) is 56.4 Å². The average Bonchev–Trinajstić information content (AvgIpc) is 3.19. The van der Waals surface area contributed by atoms with E-state index >= 15 is 0 Å². The fraction of sp³-hybridized carbons (Fsp3) is 0.360. The van der Waals surface area contributed by atoms with Crippen LogP contribution in [0, 0.1) is 6.92 Å². The quantitative estimate of drug-likeness (QED) is 0.350. The van der Waals surface area contributed by atoms with Crippen molar-refractivity contribution >= 4 is 17.7 Å². The Morgan fingerprint density at radius 2 is 1.79 bits per heavy atom. The zero-order chi connectivity index (χ0) is 25.3. The van der Waals surface area contributed by atoms with Gasteiger partial charge in [-0.1, -0.05) is 13.8 Å². The standard InChI is InChI=1S/C25H27F3N2O3S/c1-15(2)23-20(13-30(29-23)18-8-6-17(7-9-18)25(26,27)28)24(4,5)34-19-10-11-21(16(3)12-19)33-14-22(31)32/h6-13,15H,14H2,1-5H3,(H,31,32). The molecule has 0 saturated heterocycles. The number of thioether (sulfide) groups is 1. The molecule has 0 fully saturated rings. The van der Waals surface area contributed by atoms with Gasteiger partial charge in [0.1, 0.15) is 5.75 Å². The van der Waals surface area contributed by atoms with Gasteiger partial charge in [0, 0.05) is 21.4 Å². The Labute approximate surface area is 200 Å². The predicted octanol–water partition coefficient (Wildman–Crippen LogP) is 6.81. The van der Waals surface area contributed by atoms with Crippen molar-refractivity contribution in [3.05, 3.63) is 71.0 Å². The summed E-state index contributed by atoms with van der Waals surface area (Å²) >= 11 is 1.62. The second kappa shape index (κ2) is 9.74. The van der Waals surface area contributed by atoms with Crippen LogP contribution in [0.5, 0.6) is 5.75 Å². The summed E-state index contributed by atoms with van der Waals surface area (Å²) in [5.41, 5.74) is 2.53. The number of carboxylic acid groups (broad SMARTS) is 1. The first kappa shape index (κ1) is 25.7. The molecule has 1 N–H and O–H groups in total. The molecule has 0 aliphatic carbocycles. The lowest BCUT2D eigenvalue weighted by Crippen LogP contribution is -2.14. The first-order valence-corrected chi connectivity index (χ1v) is 11.5. The van der Waals surface area contributed by atoms with Gasteiger partial charge in [-0.3, -0.25) is 0 Å². The fourth-order valence-corrected chi connectivity index (χ4v) is 4.78. The van der Waals surface area contributed by atoms with Crippen molar-refractivity contribution < 1.29 is 27.8 Å². The number of aryl methyl sites for hydroxylation is 1. The maximum Gasteiger partial charge on any atom is 0.416 e. The van der Waals surface area contributed by atoms with Crippen molar-refractivity contribution in [3.63, 3.8) is 0 Å². The highest BCUT2D eigenvalue weighted by atomic mass is 32.2. The molecule has 5 nitrogen and oxygen atoms in total. The number of carbonyl (C=O) groups is 1. The molecule has 3 rings (SSSR count). The molecule has 1 aromatic heterocycles. The molecule has 0 atom stereocenters. The van der Waals surface area contributed by atoms with Crippen molar-refractivity contribution in [3.8, 4) is 11.4 Å². The zero-order valence-electron chi connectivity index (χ0n) is 19.6. The number of carboxylic acids is 1. The van der Waals surface area contributed by atoms with Crippen molar-refractivity contribution in [1.82, 2.24) is 9.78 Å². The number of aromatic nitrogens is 2. The highest BCUT2D eigenvalue weighted by molar-refractivity contribution is 8.00. The molecular formula is C25H27F3N2O3S. The SMILES string of the molecule is Cc1cc(SC(C)(C)c2cn(-c3ccc(C(F)(F)F)cc3)nc2C(C)C)ccc1OCC(=O)O. The second-order valence-electron chi connectivity index (χ2n) is 8.79. The number of alkyl halides is 3. The van der Waals surface area contributed by atoms with Crippen LogP contribution in [0.4, 0.5) is 13.2 Å². The number of nitrogens with zero attached hydrogens (tertiary/aromatic N) is 2. The summed E-state index contributed by atoms with van der Waals surface area (Å²) in [6, 6.07) is 10.5. The van der Waals surface area contributed by atoms with E-state index in [9.17, 15) is 18.0 Å². The summed E-state index contributed by atoms with van der Waals surface area (Å²) in [6.07, 6.45) is -2.51. The minimum Gasteiger partial charge on any atom is -0.482 e. The number of hydrogen-bond donors (Lipinski definition) is 1. The molecule has 1 heterocycles. The van der Waals surface area contributed by atoms with Crippen LogP contribution in [-0.4, -0.2) is 27.5 Å². The van der Waals surface area contributed by atoms with E-state index in [1.165, 1.54) is 12.1 Å². The lowest BCUT2D eigenvalue weighted by molar-refractivity contribution is -0.139. The Hall–Kier alpha value is -2.94. The molecule has 0 unspecified atom stereocenters. The first-order valence-electron chi connectivity index (χ1n) is 10.7. The maximum atomic E-state index is 12.9. The van der Waals surface area contributed by atoms with Crippen LogP contribution in [0.1, 0.15) is 56.0 Å². The molecule has 3 aromatic rings. The van der Waals surface area contributed by atoms with Crippen LogP contribution in [0.25, 0.3) is 5.69 Å². The van der Waals surface area contributed by atoms with Gasteiger partial charge in [-0.25, -0.2) is 9.48 Å². The largest absolute Gasteiger partial charge is 0.482 e. The van der Waals surface area contributed by atoms with Crippen molar-refractivity contribution in [2.75, 3.05) is 6.61 Å². The molecule has 0 saturated carbocycles. The minimum absolute atomic E-state index is 0.110. The van der Waals surface area contributed by atoms with E-state index in [0.29, 0.717) is 11.4 Å². The van der Waals surface area contributed by atoms with Gasteiger partial charge in [-0.15, -0.1) is 11.8 Å². The Morgan fingerprint density at radius 1 is 1.15 bits per heavy atom. The molecule has 0 aliphatic heterocycles. The molecule has 182 valence electrons. The normalized spacial score (nSPS) is 12.3. The molecule has 0 bridgehead atoms. The summed E-state index contributed by atoms with van der Waals surface area (Å²) in [7, 11) is 0. The highest BCUT2D eigenvalue weighted by Gasteiger charge is 2.31. The van der Waals surface area contributed by atoms with Crippen LogP contribution < -0.4 is 4.74 Å². The summed E-state index contributed by atoms with van der Waals surface area (Å²) in [5, 5.41) is 13.5. The van der Waals surface area contributed by atoms with Crippen LogP contribution in [0.3, 0.4) is 0 Å². The number of rotatable bonds is 8.